The van der Waals surface area contributed by atoms with Crippen molar-refractivity contribution in [3.05, 3.63) is 64.7 Å². The normalized spacial score (nSPS) is 15.5. The molecule has 1 heterocycles. The van der Waals surface area contributed by atoms with Crippen molar-refractivity contribution in [3.63, 3.8) is 0 Å². The Morgan fingerprint density at radius 2 is 1.85 bits per heavy atom. The van der Waals surface area contributed by atoms with E-state index in [0.29, 0.717) is 10.6 Å². The van der Waals surface area contributed by atoms with Crippen LogP contribution in [0.1, 0.15) is 48.2 Å². The Balaban J connectivity index is 1.81. The topological polar surface area (TPSA) is 71.3 Å². The monoisotopic (exact) mass is 372 g/mol. The minimum Gasteiger partial charge on any atom is -0.459 e. The minimum atomic E-state index is -0.480. The molecule has 6 heteroatoms. The number of carbonyl (C=O) groups excluding carboxylic acids is 2. The van der Waals surface area contributed by atoms with E-state index in [9.17, 15) is 9.59 Å². The maximum Gasteiger partial charge on any atom is 0.291 e. The maximum atomic E-state index is 12.8. The predicted molar refractivity (Wildman–Crippen MR) is 101 cm³/mol. The number of hydrogen-bond acceptors (Lipinski definition) is 3. The fourth-order valence-corrected chi connectivity index (χ4v) is 3.20. The molecule has 1 fully saturated rings. The molecule has 1 aromatic carbocycles. The summed E-state index contributed by atoms with van der Waals surface area (Å²) in [6.45, 7) is 0. The van der Waals surface area contributed by atoms with E-state index >= 15 is 0 Å². The number of benzene rings is 1. The van der Waals surface area contributed by atoms with E-state index < -0.39 is 5.91 Å². The van der Waals surface area contributed by atoms with Crippen molar-refractivity contribution in [1.82, 2.24) is 10.6 Å². The molecule has 3 rings (SSSR count). The van der Waals surface area contributed by atoms with E-state index in [4.69, 9.17) is 16.0 Å². The minimum absolute atomic E-state index is 0.131. The van der Waals surface area contributed by atoms with Crippen LogP contribution in [0.25, 0.3) is 6.08 Å². The molecule has 26 heavy (non-hydrogen) atoms. The van der Waals surface area contributed by atoms with E-state index in [1.807, 2.05) is 12.1 Å². The van der Waals surface area contributed by atoms with Gasteiger partial charge in [0.15, 0.2) is 5.76 Å². The number of nitrogens with one attached hydrogen (secondary N) is 2. The van der Waals surface area contributed by atoms with Gasteiger partial charge in [-0.2, -0.15) is 0 Å². The SMILES string of the molecule is O=C(NC1CCCCC1)/C(=C\c1ccccc1Cl)NC(=O)c1ccco1. The summed E-state index contributed by atoms with van der Waals surface area (Å²) in [5.74, 6) is -0.663. The second-order valence-electron chi connectivity index (χ2n) is 6.32. The summed E-state index contributed by atoms with van der Waals surface area (Å²) in [6, 6.07) is 10.4. The molecule has 1 aliphatic rings. The zero-order valence-electron chi connectivity index (χ0n) is 14.3. The molecule has 1 aliphatic carbocycles. The number of halogens is 1. The molecule has 0 unspecified atom stereocenters. The lowest BCUT2D eigenvalue weighted by Gasteiger charge is -2.23. The summed E-state index contributed by atoms with van der Waals surface area (Å²) >= 11 is 6.19. The quantitative estimate of drug-likeness (QED) is 0.774. The highest BCUT2D eigenvalue weighted by atomic mass is 35.5. The van der Waals surface area contributed by atoms with Gasteiger partial charge in [-0.15, -0.1) is 0 Å². The Hall–Kier alpha value is -2.53. The lowest BCUT2D eigenvalue weighted by atomic mass is 9.95. The third-order valence-corrected chi connectivity index (χ3v) is 4.73. The van der Waals surface area contributed by atoms with Crippen LogP contribution >= 0.6 is 11.6 Å². The summed E-state index contributed by atoms with van der Waals surface area (Å²) in [5, 5.41) is 6.16. The van der Waals surface area contributed by atoms with Crippen LogP contribution in [0.2, 0.25) is 5.02 Å². The zero-order chi connectivity index (χ0) is 18.4. The second kappa shape index (κ2) is 8.72. The molecule has 2 aromatic rings. The average Bonchev–Trinajstić information content (AvgIpc) is 3.18. The smallest absolute Gasteiger partial charge is 0.291 e. The van der Waals surface area contributed by atoms with Gasteiger partial charge in [-0.05, 0) is 42.7 Å². The van der Waals surface area contributed by atoms with Gasteiger partial charge in [-0.3, -0.25) is 9.59 Å². The van der Waals surface area contributed by atoms with Crippen LogP contribution in [0.4, 0.5) is 0 Å². The number of rotatable bonds is 5. The summed E-state index contributed by atoms with van der Waals surface area (Å²) < 4.78 is 5.10. The van der Waals surface area contributed by atoms with Crippen molar-refractivity contribution in [1.29, 1.82) is 0 Å². The van der Waals surface area contributed by atoms with Crippen molar-refractivity contribution < 1.29 is 14.0 Å². The van der Waals surface area contributed by atoms with Crippen molar-refractivity contribution in [2.45, 2.75) is 38.1 Å². The van der Waals surface area contributed by atoms with Gasteiger partial charge in [-0.25, -0.2) is 0 Å². The molecule has 1 aromatic heterocycles. The first kappa shape index (κ1) is 18.3. The molecule has 0 spiro atoms. The second-order valence-corrected chi connectivity index (χ2v) is 6.73. The maximum absolute atomic E-state index is 12.8. The van der Waals surface area contributed by atoms with Gasteiger partial charge in [0.25, 0.3) is 11.8 Å². The molecular weight excluding hydrogens is 352 g/mol. The lowest BCUT2D eigenvalue weighted by Crippen LogP contribution is -2.41. The van der Waals surface area contributed by atoms with Gasteiger partial charge in [0, 0.05) is 11.1 Å². The highest BCUT2D eigenvalue weighted by Crippen LogP contribution is 2.20. The Labute approximate surface area is 157 Å². The molecular formula is C20H21ClN2O3. The fourth-order valence-electron chi connectivity index (χ4n) is 3.01. The van der Waals surface area contributed by atoms with Crippen LogP contribution < -0.4 is 10.6 Å². The first-order chi connectivity index (χ1) is 12.6. The molecule has 1 saturated carbocycles. The van der Waals surface area contributed by atoms with E-state index in [1.54, 1.807) is 30.3 Å². The van der Waals surface area contributed by atoms with Crippen molar-refractivity contribution in [2.24, 2.45) is 0 Å². The Morgan fingerprint density at radius 3 is 2.54 bits per heavy atom. The van der Waals surface area contributed by atoms with Gasteiger partial charge < -0.3 is 15.1 Å². The van der Waals surface area contributed by atoms with Gasteiger partial charge in [0.05, 0.1) is 6.26 Å². The highest BCUT2D eigenvalue weighted by molar-refractivity contribution is 6.32. The summed E-state index contributed by atoms with van der Waals surface area (Å²) in [6.07, 6.45) is 8.31. The standard InChI is InChI=1S/C20H21ClN2O3/c21-16-10-5-4-7-14(16)13-17(23-20(25)18-11-6-12-26-18)19(24)22-15-8-2-1-3-9-15/h4-7,10-13,15H,1-3,8-9H2,(H,22,24)(H,23,25)/b17-13+. The van der Waals surface area contributed by atoms with Crippen molar-refractivity contribution >= 4 is 29.5 Å². The summed E-state index contributed by atoms with van der Waals surface area (Å²) in [5.41, 5.74) is 0.799. The van der Waals surface area contributed by atoms with Crippen molar-refractivity contribution in [2.75, 3.05) is 0 Å². The van der Waals surface area contributed by atoms with Crippen LogP contribution in [0, 0.1) is 0 Å². The predicted octanol–water partition coefficient (Wildman–Crippen LogP) is 4.15. The Bertz CT molecular complexity index is 793. The fraction of sp³-hybridized carbons (Fsp3) is 0.300. The van der Waals surface area contributed by atoms with Gasteiger partial charge in [0.1, 0.15) is 5.70 Å². The van der Waals surface area contributed by atoms with Gasteiger partial charge >= 0.3 is 0 Å². The summed E-state index contributed by atoms with van der Waals surface area (Å²) in [4.78, 5) is 25.1. The van der Waals surface area contributed by atoms with E-state index in [-0.39, 0.29) is 23.4 Å². The van der Waals surface area contributed by atoms with Crippen LogP contribution in [-0.4, -0.2) is 17.9 Å². The highest BCUT2D eigenvalue weighted by Gasteiger charge is 2.21. The molecule has 2 N–H and O–H groups in total. The summed E-state index contributed by atoms with van der Waals surface area (Å²) in [7, 11) is 0. The number of hydrogen-bond donors (Lipinski definition) is 2. The Morgan fingerprint density at radius 1 is 1.08 bits per heavy atom. The molecule has 0 bridgehead atoms. The molecule has 2 amide bonds. The molecule has 136 valence electrons. The third-order valence-electron chi connectivity index (χ3n) is 4.38. The Kier molecular flexibility index (Phi) is 6.12. The number of carbonyl (C=O) groups is 2. The molecule has 0 aliphatic heterocycles. The molecule has 0 saturated heterocycles. The van der Waals surface area contributed by atoms with Crippen LogP contribution in [0.5, 0.6) is 0 Å². The first-order valence-electron chi connectivity index (χ1n) is 8.75. The zero-order valence-corrected chi connectivity index (χ0v) is 15.1. The molecule has 0 radical (unpaired) electrons. The third kappa shape index (κ3) is 4.76. The van der Waals surface area contributed by atoms with E-state index in [0.717, 1.165) is 25.7 Å². The molecule has 5 nitrogen and oxygen atoms in total. The molecule has 0 atom stereocenters. The van der Waals surface area contributed by atoms with E-state index in [2.05, 4.69) is 10.6 Å². The van der Waals surface area contributed by atoms with Crippen LogP contribution in [0.3, 0.4) is 0 Å². The average molecular weight is 373 g/mol. The first-order valence-corrected chi connectivity index (χ1v) is 9.13. The largest absolute Gasteiger partial charge is 0.459 e. The van der Waals surface area contributed by atoms with Gasteiger partial charge in [0.2, 0.25) is 0 Å². The van der Waals surface area contributed by atoms with Crippen molar-refractivity contribution in [3.8, 4) is 0 Å². The van der Waals surface area contributed by atoms with Crippen LogP contribution in [0.15, 0.2) is 52.8 Å². The number of amides is 2. The number of furan rings is 1. The van der Waals surface area contributed by atoms with Gasteiger partial charge in [-0.1, -0.05) is 49.1 Å². The van der Waals surface area contributed by atoms with Crippen LogP contribution in [-0.2, 0) is 4.79 Å². The van der Waals surface area contributed by atoms with E-state index in [1.165, 1.54) is 12.7 Å². The lowest BCUT2D eigenvalue weighted by molar-refractivity contribution is -0.118.